The van der Waals surface area contributed by atoms with Crippen molar-refractivity contribution in [3.8, 4) is 0 Å². The van der Waals surface area contributed by atoms with Crippen molar-refractivity contribution in [1.29, 1.82) is 0 Å². The van der Waals surface area contributed by atoms with E-state index in [0.29, 0.717) is 12.2 Å². The Morgan fingerprint density at radius 3 is 2.90 bits per heavy atom. The van der Waals surface area contributed by atoms with Gasteiger partial charge in [-0.05, 0) is 65.8 Å². The minimum atomic E-state index is -0.950. The Bertz CT molecular complexity index is 1150. The summed E-state index contributed by atoms with van der Waals surface area (Å²) in [5.74, 6) is -0.950. The van der Waals surface area contributed by atoms with Crippen molar-refractivity contribution in [2.75, 3.05) is 23.3 Å². The van der Waals surface area contributed by atoms with E-state index in [4.69, 9.17) is 0 Å². The van der Waals surface area contributed by atoms with Crippen LogP contribution in [0.3, 0.4) is 0 Å². The number of carbonyl (C=O) groups is 1. The second-order valence-corrected chi connectivity index (χ2v) is 7.72. The lowest BCUT2D eigenvalue weighted by atomic mass is 9.90. The molecule has 0 saturated carbocycles. The number of hydrogen-bond acceptors (Lipinski definition) is 4. The number of rotatable bonds is 5. The van der Waals surface area contributed by atoms with E-state index < -0.39 is 5.97 Å². The molecule has 1 aliphatic carbocycles. The number of aryl methyl sites for hydroxylation is 1. The fraction of sp³-hybridized carbons (Fsp3) is 0.200. The summed E-state index contributed by atoms with van der Waals surface area (Å²) in [6.07, 6.45) is 8.41. The van der Waals surface area contributed by atoms with E-state index in [9.17, 15) is 9.90 Å². The van der Waals surface area contributed by atoms with E-state index in [1.165, 1.54) is 45.9 Å². The van der Waals surface area contributed by atoms with Crippen molar-refractivity contribution in [1.82, 2.24) is 4.98 Å². The summed E-state index contributed by atoms with van der Waals surface area (Å²) in [5, 5.41) is 12.6. The zero-order valence-electron chi connectivity index (χ0n) is 16.6. The molecule has 2 aromatic carbocycles. The number of carboxylic acids is 1. The molecule has 2 heterocycles. The highest BCUT2D eigenvalue weighted by Crippen LogP contribution is 2.37. The molecule has 0 radical (unpaired) electrons. The van der Waals surface area contributed by atoms with Gasteiger partial charge in [-0.2, -0.15) is 0 Å². The lowest BCUT2D eigenvalue weighted by Crippen LogP contribution is -2.15. The number of para-hydroxylation sites is 1. The van der Waals surface area contributed by atoms with Gasteiger partial charge in [0.25, 0.3) is 0 Å². The summed E-state index contributed by atoms with van der Waals surface area (Å²) >= 11 is 0. The number of anilines is 3. The smallest absolute Gasteiger partial charge is 0.337 e. The van der Waals surface area contributed by atoms with E-state index in [1.54, 1.807) is 6.20 Å². The maximum Gasteiger partial charge on any atom is 0.337 e. The predicted octanol–water partition coefficient (Wildman–Crippen LogP) is 4.92. The second kappa shape index (κ2) is 7.67. The van der Waals surface area contributed by atoms with Crippen molar-refractivity contribution >= 4 is 28.6 Å². The Kier molecular flexibility index (Phi) is 4.71. The molecule has 5 heteroatoms. The van der Waals surface area contributed by atoms with E-state index in [1.807, 2.05) is 0 Å². The van der Waals surface area contributed by atoms with Crippen LogP contribution in [0.4, 0.5) is 17.1 Å². The van der Waals surface area contributed by atoms with Gasteiger partial charge in [-0.3, -0.25) is 4.98 Å². The quantitative estimate of drug-likeness (QED) is 0.640. The van der Waals surface area contributed by atoms with Crippen molar-refractivity contribution in [2.24, 2.45) is 0 Å². The molecule has 5 rings (SSSR count). The third-order valence-electron chi connectivity index (χ3n) is 5.96. The number of carboxylic acid groups (broad SMARTS) is 1. The van der Waals surface area contributed by atoms with Crippen LogP contribution >= 0.6 is 0 Å². The third kappa shape index (κ3) is 3.32. The molecular formula is C25H23N3O2. The van der Waals surface area contributed by atoms with Gasteiger partial charge >= 0.3 is 5.97 Å². The number of pyridine rings is 1. The number of benzene rings is 2. The summed E-state index contributed by atoms with van der Waals surface area (Å²) in [6, 6.07) is 16.9. The third-order valence-corrected chi connectivity index (χ3v) is 5.96. The van der Waals surface area contributed by atoms with Crippen LogP contribution < -0.4 is 10.2 Å². The summed E-state index contributed by atoms with van der Waals surface area (Å²) in [5.41, 5.74) is 8.53. The highest BCUT2D eigenvalue weighted by molar-refractivity contribution is 5.94. The SMILES string of the molecule is O=C(O)c1ccncc1NCC1=CCCc2cc(N3CCc4ccccc43)ccc21. The normalized spacial score (nSPS) is 14.7. The molecule has 0 amide bonds. The summed E-state index contributed by atoms with van der Waals surface area (Å²) in [4.78, 5) is 17.9. The van der Waals surface area contributed by atoms with Crippen molar-refractivity contribution in [3.05, 3.63) is 89.3 Å². The minimum Gasteiger partial charge on any atom is -0.478 e. The molecule has 1 aromatic heterocycles. The first-order valence-electron chi connectivity index (χ1n) is 10.3. The number of allylic oxidation sites excluding steroid dienone is 1. The molecular weight excluding hydrogens is 374 g/mol. The molecule has 2 N–H and O–H groups in total. The van der Waals surface area contributed by atoms with Gasteiger partial charge in [0.15, 0.2) is 0 Å². The van der Waals surface area contributed by atoms with Crippen LogP contribution in [0.2, 0.25) is 0 Å². The lowest BCUT2D eigenvalue weighted by molar-refractivity contribution is 0.0698. The largest absolute Gasteiger partial charge is 0.478 e. The van der Waals surface area contributed by atoms with Crippen molar-refractivity contribution in [3.63, 3.8) is 0 Å². The molecule has 0 fully saturated rings. The number of aromatic carboxylic acids is 1. The summed E-state index contributed by atoms with van der Waals surface area (Å²) in [7, 11) is 0. The van der Waals surface area contributed by atoms with Crippen LogP contribution in [0.1, 0.15) is 33.5 Å². The number of aromatic nitrogens is 1. The van der Waals surface area contributed by atoms with Crippen LogP contribution in [0, 0.1) is 0 Å². The van der Waals surface area contributed by atoms with Gasteiger partial charge in [0, 0.05) is 30.7 Å². The van der Waals surface area contributed by atoms with Gasteiger partial charge in [0.05, 0.1) is 17.4 Å². The van der Waals surface area contributed by atoms with Crippen molar-refractivity contribution in [2.45, 2.75) is 19.3 Å². The van der Waals surface area contributed by atoms with Gasteiger partial charge in [0.1, 0.15) is 0 Å². The molecule has 5 nitrogen and oxygen atoms in total. The number of fused-ring (bicyclic) bond motifs is 2. The Hall–Kier alpha value is -3.60. The van der Waals surface area contributed by atoms with Gasteiger partial charge in [0.2, 0.25) is 0 Å². The monoisotopic (exact) mass is 397 g/mol. The first kappa shape index (κ1) is 18.4. The predicted molar refractivity (Wildman–Crippen MR) is 120 cm³/mol. The van der Waals surface area contributed by atoms with Crippen LogP contribution in [0.15, 0.2) is 67.0 Å². The van der Waals surface area contributed by atoms with Crippen LogP contribution in [-0.2, 0) is 12.8 Å². The minimum absolute atomic E-state index is 0.240. The molecule has 2 aliphatic rings. The first-order valence-corrected chi connectivity index (χ1v) is 10.3. The standard InChI is InChI=1S/C25H23N3O2/c29-25(30)22-10-12-26-16-23(22)27-15-19-6-3-5-18-14-20(8-9-21(18)19)28-13-11-17-4-1-2-7-24(17)28/h1-2,4,6-10,12,14,16,27H,3,5,11,13,15H2,(H,29,30). The Balaban J connectivity index is 1.38. The van der Waals surface area contributed by atoms with E-state index in [-0.39, 0.29) is 5.56 Å². The Morgan fingerprint density at radius 2 is 2.00 bits per heavy atom. The highest BCUT2D eigenvalue weighted by Gasteiger charge is 2.22. The van der Waals surface area contributed by atoms with Crippen LogP contribution in [-0.4, -0.2) is 29.1 Å². The molecule has 0 bridgehead atoms. The highest BCUT2D eigenvalue weighted by atomic mass is 16.4. The average molecular weight is 397 g/mol. The summed E-state index contributed by atoms with van der Waals surface area (Å²) in [6.45, 7) is 1.59. The second-order valence-electron chi connectivity index (χ2n) is 7.72. The van der Waals surface area contributed by atoms with Gasteiger partial charge in [-0.15, -0.1) is 0 Å². The van der Waals surface area contributed by atoms with Crippen LogP contribution in [0.5, 0.6) is 0 Å². The number of nitrogens with zero attached hydrogens (tertiary/aromatic N) is 2. The summed E-state index contributed by atoms with van der Waals surface area (Å²) < 4.78 is 0. The van der Waals surface area contributed by atoms with Gasteiger partial charge < -0.3 is 15.3 Å². The zero-order valence-corrected chi connectivity index (χ0v) is 16.6. The maximum absolute atomic E-state index is 11.4. The fourth-order valence-corrected chi connectivity index (χ4v) is 4.47. The Morgan fingerprint density at radius 1 is 1.10 bits per heavy atom. The molecule has 0 atom stereocenters. The lowest BCUT2D eigenvalue weighted by Gasteiger charge is -2.24. The molecule has 30 heavy (non-hydrogen) atoms. The molecule has 150 valence electrons. The van der Waals surface area contributed by atoms with Gasteiger partial charge in [-0.25, -0.2) is 4.79 Å². The molecule has 1 aliphatic heterocycles. The number of hydrogen-bond donors (Lipinski definition) is 2. The molecule has 0 unspecified atom stereocenters. The van der Waals surface area contributed by atoms with E-state index in [2.05, 4.69) is 63.7 Å². The van der Waals surface area contributed by atoms with Crippen molar-refractivity contribution < 1.29 is 9.90 Å². The molecule has 0 spiro atoms. The molecule has 0 saturated heterocycles. The molecule has 3 aromatic rings. The first-order chi connectivity index (χ1) is 14.7. The topological polar surface area (TPSA) is 65.5 Å². The van der Waals surface area contributed by atoms with Gasteiger partial charge in [-0.1, -0.05) is 30.3 Å². The van der Waals surface area contributed by atoms with E-state index >= 15 is 0 Å². The number of nitrogens with one attached hydrogen (secondary N) is 1. The Labute approximate surface area is 175 Å². The average Bonchev–Trinajstić information content (AvgIpc) is 3.21. The zero-order chi connectivity index (χ0) is 20.5. The fourth-order valence-electron chi connectivity index (χ4n) is 4.47. The van der Waals surface area contributed by atoms with Crippen LogP contribution in [0.25, 0.3) is 5.57 Å². The maximum atomic E-state index is 11.4. The van der Waals surface area contributed by atoms with E-state index in [0.717, 1.165) is 25.8 Å².